The standard InChI is InChI=1S/C22H32N4O3S/c1-3-23-22(24-15-10-18-29-19(2)20-11-6-4-7-12-20)25-16-17-26-30(27,28)21-13-8-5-9-14-21/h4-9,11-14,19,26H,3,10,15-18H2,1-2H3,(H2,23,24,25). The largest absolute Gasteiger partial charge is 0.374 e. The van der Waals surface area contributed by atoms with Gasteiger partial charge in [0.15, 0.2) is 5.96 Å². The SMILES string of the molecule is CCNC(=NCCCOC(C)c1ccccc1)NCCNS(=O)(=O)c1ccccc1. The zero-order valence-corrected chi connectivity index (χ0v) is 18.5. The van der Waals surface area contributed by atoms with Gasteiger partial charge in [-0.05, 0) is 38.0 Å². The highest BCUT2D eigenvalue weighted by Gasteiger charge is 2.12. The normalized spacial score (nSPS) is 13.1. The van der Waals surface area contributed by atoms with Crippen LogP contribution in [0.5, 0.6) is 0 Å². The summed E-state index contributed by atoms with van der Waals surface area (Å²) < 4.78 is 32.9. The summed E-state index contributed by atoms with van der Waals surface area (Å²) >= 11 is 0. The highest BCUT2D eigenvalue weighted by atomic mass is 32.2. The number of benzene rings is 2. The average Bonchev–Trinajstić information content (AvgIpc) is 2.77. The molecule has 0 heterocycles. The maximum absolute atomic E-state index is 12.2. The van der Waals surface area contributed by atoms with Crippen molar-refractivity contribution in [2.24, 2.45) is 4.99 Å². The molecule has 0 radical (unpaired) electrons. The van der Waals surface area contributed by atoms with E-state index in [1.165, 1.54) is 0 Å². The molecule has 0 saturated heterocycles. The molecule has 0 aliphatic heterocycles. The summed E-state index contributed by atoms with van der Waals surface area (Å²) in [6.07, 6.45) is 0.855. The van der Waals surface area contributed by atoms with Crippen molar-refractivity contribution in [2.75, 3.05) is 32.8 Å². The quantitative estimate of drug-likeness (QED) is 0.272. The molecule has 2 rings (SSSR count). The van der Waals surface area contributed by atoms with E-state index in [1.54, 1.807) is 30.3 Å². The Kier molecular flexibility index (Phi) is 10.3. The van der Waals surface area contributed by atoms with Crippen molar-refractivity contribution in [1.82, 2.24) is 15.4 Å². The third kappa shape index (κ3) is 8.52. The monoisotopic (exact) mass is 432 g/mol. The van der Waals surface area contributed by atoms with Crippen LogP contribution in [-0.4, -0.2) is 47.2 Å². The number of aliphatic imine (C=N–C) groups is 1. The molecule has 30 heavy (non-hydrogen) atoms. The van der Waals surface area contributed by atoms with E-state index in [1.807, 2.05) is 32.0 Å². The van der Waals surface area contributed by atoms with Gasteiger partial charge in [-0.15, -0.1) is 0 Å². The first-order chi connectivity index (χ1) is 14.5. The molecule has 0 spiro atoms. The lowest BCUT2D eigenvalue weighted by Crippen LogP contribution is -2.41. The molecular formula is C22H32N4O3S. The Morgan fingerprint density at radius 1 is 1.00 bits per heavy atom. The van der Waals surface area contributed by atoms with Crippen molar-refractivity contribution in [2.45, 2.75) is 31.3 Å². The zero-order valence-electron chi connectivity index (χ0n) is 17.7. The predicted octanol–water partition coefficient (Wildman–Crippen LogP) is 2.69. The summed E-state index contributed by atoms with van der Waals surface area (Å²) in [7, 11) is -3.49. The summed E-state index contributed by atoms with van der Waals surface area (Å²) in [5.74, 6) is 0.660. The fourth-order valence-corrected chi connectivity index (χ4v) is 3.78. The second kappa shape index (κ2) is 13.0. The van der Waals surface area contributed by atoms with Gasteiger partial charge in [0, 0.05) is 32.8 Å². The van der Waals surface area contributed by atoms with E-state index >= 15 is 0 Å². The number of nitrogens with one attached hydrogen (secondary N) is 3. The molecule has 2 aromatic rings. The summed E-state index contributed by atoms with van der Waals surface area (Å²) in [5.41, 5.74) is 1.16. The fraction of sp³-hybridized carbons (Fsp3) is 0.409. The van der Waals surface area contributed by atoms with E-state index in [0.717, 1.165) is 18.5 Å². The number of nitrogens with zero attached hydrogens (tertiary/aromatic N) is 1. The van der Waals surface area contributed by atoms with Crippen LogP contribution in [-0.2, 0) is 14.8 Å². The maximum atomic E-state index is 12.2. The van der Waals surface area contributed by atoms with Crippen LogP contribution in [0.4, 0.5) is 0 Å². The molecule has 3 N–H and O–H groups in total. The van der Waals surface area contributed by atoms with Gasteiger partial charge in [-0.25, -0.2) is 13.1 Å². The molecule has 0 saturated carbocycles. The number of hydrogen-bond acceptors (Lipinski definition) is 4. The second-order valence-corrected chi connectivity index (χ2v) is 8.44. The maximum Gasteiger partial charge on any atom is 0.240 e. The smallest absolute Gasteiger partial charge is 0.240 e. The van der Waals surface area contributed by atoms with Gasteiger partial charge in [-0.1, -0.05) is 48.5 Å². The number of hydrogen-bond donors (Lipinski definition) is 3. The summed E-state index contributed by atoms with van der Waals surface area (Å²) in [5, 5.41) is 6.30. The highest BCUT2D eigenvalue weighted by Crippen LogP contribution is 2.15. The fourth-order valence-electron chi connectivity index (χ4n) is 2.73. The van der Waals surface area contributed by atoms with Crippen molar-refractivity contribution in [3.8, 4) is 0 Å². The first-order valence-corrected chi connectivity index (χ1v) is 11.7. The van der Waals surface area contributed by atoms with E-state index in [-0.39, 0.29) is 17.5 Å². The van der Waals surface area contributed by atoms with Crippen LogP contribution < -0.4 is 15.4 Å². The third-order valence-electron chi connectivity index (χ3n) is 4.32. The van der Waals surface area contributed by atoms with E-state index in [2.05, 4.69) is 32.5 Å². The molecule has 164 valence electrons. The molecule has 7 nitrogen and oxygen atoms in total. The van der Waals surface area contributed by atoms with Crippen LogP contribution >= 0.6 is 0 Å². The Morgan fingerprint density at radius 3 is 2.33 bits per heavy atom. The molecular weight excluding hydrogens is 400 g/mol. The molecule has 0 aliphatic rings. The van der Waals surface area contributed by atoms with Crippen molar-refractivity contribution in [1.29, 1.82) is 0 Å². The van der Waals surface area contributed by atoms with Gasteiger partial charge in [-0.2, -0.15) is 0 Å². The number of ether oxygens (including phenoxy) is 1. The van der Waals surface area contributed by atoms with Crippen LogP contribution in [0.15, 0.2) is 70.6 Å². The van der Waals surface area contributed by atoms with Crippen LogP contribution in [0.25, 0.3) is 0 Å². The Balaban J connectivity index is 1.68. The zero-order chi connectivity index (χ0) is 21.7. The van der Waals surface area contributed by atoms with Crippen molar-refractivity contribution >= 4 is 16.0 Å². The lowest BCUT2D eigenvalue weighted by Gasteiger charge is -2.14. The molecule has 0 amide bonds. The van der Waals surface area contributed by atoms with Crippen LogP contribution in [0.3, 0.4) is 0 Å². The first-order valence-electron chi connectivity index (χ1n) is 10.3. The van der Waals surface area contributed by atoms with Gasteiger partial charge in [0.25, 0.3) is 0 Å². The molecule has 0 fully saturated rings. The van der Waals surface area contributed by atoms with Gasteiger partial charge in [-0.3, -0.25) is 4.99 Å². The van der Waals surface area contributed by atoms with Gasteiger partial charge in [0.2, 0.25) is 10.0 Å². The van der Waals surface area contributed by atoms with Crippen LogP contribution in [0, 0.1) is 0 Å². The Labute approximate surface area is 180 Å². The summed E-state index contributed by atoms with van der Waals surface area (Å²) in [6.45, 7) is 6.69. The molecule has 0 bridgehead atoms. The van der Waals surface area contributed by atoms with Gasteiger partial charge in [0.1, 0.15) is 0 Å². The van der Waals surface area contributed by atoms with Crippen molar-refractivity contribution in [3.63, 3.8) is 0 Å². The minimum Gasteiger partial charge on any atom is -0.374 e. The topological polar surface area (TPSA) is 91.8 Å². The van der Waals surface area contributed by atoms with E-state index in [4.69, 9.17) is 4.74 Å². The summed E-state index contributed by atoms with van der Waals surface area (Å²) in [6, 6.07) is 18.5. The van der Waals surface area contributed by atoms with Gasteiger partial charge >= 0.3 is 0 Å². The van der Waals surface area contributed by atoms with E-state index in [9.17, 15) is 8.42 Å². The minimum absolute atomic E-state index is 0.0548. The molecule has 8 heteroatoms. The van der Waals surface area contributed by atoms with Gasteiger partial charge in [0.05, 0.1) is 11.0 Å². The van der Waals surface area contributed by atoms with E-state index < -0.39 is 10.0 Å². The Hall–Kier alpha value is -2.42. The van der Waals surface area contributed by atoms with Crippen LogP contribution in [0.1, 0.15) is 31.9 Å². The molecule has 1 atom stereocenters. The number of rotatable bonds is 12. The lowest BCUT2D eigenvalue weighted by atomic mass is 10.1. The lowest BCUT2D eigenvalue weighted by molar-refractivity contribution is 0.0652. The van der Waals surface area contributed by atoms with Gasteiger partial charge < -0.3 is 15.4 Å². The predicted molar refractivity (Wildman–Crippen MR) is 121 cm³/mol. The highest BCUT2D eigenvalue weighted by molar-refractivity contribution is 7.89. The van der Waals surface area contributed by atoms with Crippen molar-refractivity contribution in [3.05, 3.63) is 66.2 Å². The third-order valence-corrected chi connectivity index (χ3v) is 5.79. The van der Waals surface area contributed by atoms with E-state index in [0.29, 0.717) is 25.7 Å². The van der Waals surface area contributed by atoms with Crippen LogP contribution in [0.2, 0.25) is 0 Å². The first kappa shape index (κ1) is 23.9. The summed E-state index contributed by atoms with van der Waals surface area (Å²) in [4.78, 5) is 4.77. The number of sulfonamides is 1. The molecule has 1 unspecified atom stereocenters. The Morgan fingerprint density at radius 2 is 1.67 bits per heavy atom. The second-order valence-electron chi connectivity index (χ2n) is 6.68. The number of guanidine groups is 1. The Bertz CT molecular complexity index is 858. The molecule has 2 aromatic carbocycles. The van der Waals surface area contributed by atoms with Crippen molar-refractivity contribution < 1.29 is 13.2 Å². The molecule has 0 aromatic heterocycles. The minimum atomic E-state index is -3.49. The average molecular weight is 433 g/mol. The molecule has 0 aliphatic carbocycles.